The van der Waals surface area contributed by atoms with Gasteiger partial charge in [0.05, 0.1) is 19.2 Å². The van der Waals surface area contributed by atoms with Gasteiger partial charge in [-0.05, 0) is 6.42 Å². The number of rotatable bonds is 1. The molecule has 2 N–H and O–H groups in total. The van der Waals surface area contributed by atoms with E-state index in [0.29, 0.717) is 12.4 Å². The van der Waals surface area contributed by atoms with Crippen LogP contribution in [0.25, 0.3) is 0 Å². The van der Waals surface area contributed by atoms with Gasteiger partial charge in [-0.3, -0.25) is 4.79 Å². The van der Waals surface area contributed by atoms with Crippen LogP contribution in [0.15, 0.2) is 6.20 Å². The molecule has 1 aliphatic rings. The van der Waals surface area contributed by atoms with Crippen LogP contribution in [0.1, 0.15) is 12.2 Å². The highest BCUT2D eigenvalue weighted by atomic mass is 35.5. The molecule has 5 nitrogen and oxygen atoms in total. The van der Waals surface area contributed by atoms with Crippen LogP contribution in [0.2, 0.25) is 0 Å². The highest BCUT2D eigenvalue weighted by Gasteiger charge is 2.26. The minimum atomic E-state index is -0.163. The van der Waals surface area contributed by atoms with Gasteiger partial charge in [0.15, 0.2) is 0 Å². The van der Waals surface area contributed by atoms with E-state index in [2.05, 4.69) is 4.98 Å². The Morgan fingerprint density at radius 1 is 1.73 bits per heavy atom. The van der Waals surface area contributed by atoms with Crippen molar-refractivity contribution in [3.63, 3.8) is 0 Å². The Morgan fingerprint density at radius 2 is 2.47 bits per heavy atom. The molecule has 0 radical (unpaired) electrons. The summed E-state index contributed by atoms with van der Waals surface area (Å²) in [4.78, 5) is 15.5. The first-order valence-corrected chi connectivity index (χ1v) is 4.60. The van der Waals surface area contributed by atoms with E-state index in [4.69, 9.17) is 10.5 Å². The van der Waals surface area contributed by atoms with Crippen LogP contribution in [0.3, 0.4) is 0 Å². The van der Waals surface area contributed by atoms with E-state index in [-0.39, 0.29) is 24.3 Å². The zero-order valence-corrected chi connectivity index (χ0v) is 9.29. The van der Waals surface area contributed by atoms with Crippen molar-refractivity contribution in [3.05, 3.63) is 12.0 Å². The van der Waals surface area contributed by atoms with Crippen molar-refractivity contribution in [2.75, 3.05) is 12.8 Å². The molecule has 2 heterocycles. The molecule has 6 heteroatoms. The molecule has 15 heavy (non-hydrogen) atoms. The molecule has 0 amide bonds. The number of ether oxygens (including phenoxy) is 1. The van der Waals surface area contributed by atoms with Crippen LogP contribution in [0.4, 0.5) is 5.82 Å². The molecule has 0 bridgehead atoms. The molecule has 0 aliphatic carbocycles. The van der Waals surface area contributed by atoms with Crippen molar-refractivity contribution < 1.29 is 9.53 Å². The van der Waals surface area contributed by atoms with E-state index in [1.54, 1.807) is 6.20 Å². The Hall–Kier alpha value is -1.23. The summed E-state index contributed by atoms with van der Waals surface area (Å²) >= 11 is 0. The summed E-state index contributed by atoms with van der Waals surface area (Å²) in [5.41, 5.74) is 5.71. The van der Waals surface area contributed by atoms with E-state index in [9.17, 15) is 4.79 Å². The van der Waals surface area contributed by atoms with Crippen molar-refractivity contribution in [2.45, 2.75) is 19.4 Å². The standard InChI is InChI=1S/C9H13N3O2.ClH/c1-14-9(13)6-2-3-8-11-4-7(10)12(8)5-6;/h4,6H,2-3,5,10H2,1H3;1H. The van der Waals surface area contributed by atoms with E-state index in [0.717, 1.165) is 18.7 Å². The fourth-order valence-electron chi connectivity index (χ4n) is 1.81. The van der Waals surface area contributed by atoms with Gasteiger partial charge in [-0.1, -0.05) is 0 Å². The number of nitrogens with zero attached hydrogens (tertiary/aromatic N) is 2. The number of halogens is 1. The Bertz CT molecular complexity index is 364. The molecule has 1 aromatic rings. The van der Waals surface area contributed by atoms with E-state index < -0.39 is 0 Å². The number of nitrogens with two attached hydrogens (primary N) is 1. The van der Waals surface area contributed by atoms with Crippen molar-refractivity contribution in [2.24, 2.45) is 5.92 Å². The number of aromatic nitrogens is 2. The molecule has 1 aromatic heterocycles. The number of nitrogen functional groups attached to an aromatic ring is 1. The monoisotopic (exact) mass is 231 g/mol. The van der Waals surface area contributed by atoms with Crippen molar-refractivity contribution >= 4 is 24.2 Å². The Morgan fingerprint density at radius 3 is 3.13 bits per heavy atom. The average molecular weight is 232 g/mol. The number of carbonyl (C=O) groups excluding carboxylic acids is 1. The van der Waals surface area contributed by atoms with Crippen LogP contribution < -0.4 is 5.73 Å². The number of esters is 1. The van der Waals surface area contributed by atoms with Crippen LogP contribution in [-0.2, 0) is 22.5 Å². The Balaban J connectivity index is 0.00000112. The van der Waals surface area contributed by atoms with Crippen LogP contribution in [-0.4, -0.2) is 22.6 Å². The molecule has 1 atom stereocenters. The molecule has 1 aliphatic heterocycles. The lowest BCUT2D eigenvalue weighted by Crippen LogP contribution is -2.28. The maximum atomic E-state index is 11.3. The van der Waals surface area contributed by atoms with Gasteiger partial charge in [0, 0.05) is 13.0 Å². The second-order valence-corrected chi connectivity index (χ2v) is 3.47. The smallest absolute Gasteiger partial charge is 0.310 e. The van der Waals surface area contributed by atoms with Crippen molar-refractivity contribution in [1.82, 2.24) is 9.55 Å². The van der Waals surface area contributed by atoms with Gasteiger partial charge < -0.3 is 15.0 Å². The molecule has 0 saturated heterocycles. The number of hydrogen-bond acceptors (Lipinski definition) is 4. The number of anilines is 1. The second kappa shape index (κ2) is 4.53. The predicted molar refractivity (Wildman–Crippen MR) is 57.7 cm³/mol. The SMILES string of the molecule is COC(=O)C1CCc2ncc(N)n2C1.Cl. The number of fused-ring (bicyclic) bond motifs is 1. The first kappa shape index (κ1) is 11.8. The maximum absolute atomic E-state index is 11.3. The molecular formula is C9H14ClN3O2. The number of imidazole rings is 1. The molecule has 0 spiro atoms. The highest BCUT2D eigenvalue weighted by Crippen LogP contribution is 2.22. The van der Waals surface area contributed by atoms with E-state index >= 15 is 0 Å². The normalized spacial score (nSPS) is 18.9. The van der Waals surface area contributed by atoms with Crippen molar-refractivity contribution in [3.8, 4) is 0 Å². The Labute approximate surface area is 94.0 Å². The number of aryl methyl sites for hydroxylation is 1. The van der Waals surface area contributed by atoms with Gasteiger partial charge >= 0.3 is 5.97 Å². The average Bonchev–Trinajstić information content (AvgIpc) is 2.59. The lowest BCUT2D eigenvalue weighted by Gasteiger charge is -2.22. The summed E-state index contributed by atoms with van der Waals surface area (Å²) < 4.78 is 6.59. The maximum Gasteiger partial charge on any atom is 0.310 e. The number of hydrogen-bond donors (Lipinski definition) is 1. The topological polar surface area (TPSA) is 70.1 Å². The molecule has 1 unspecified atom stereocenters. The third kappa shape index (κ3) is 2.07. The third-order valence-corrected chi connectivity index (χ3v) is 2.62. The van der Waals surface area contributed by atoms with Gasteiger partial charge in [0.2, 0.25) is 0 Å². The fraction of sp³-hybridized carbons (Fsp3) is 0.556. The Kier molecular flexibility index (Phi) is 3.57. The van der Waals surface area contributed by atoms with E-state index in [1.807, 2.05) is 4.57 Å². The zero-order valence-electron chi connectivity index (χ0n) is 8.47. The highest BCUT2D eigenvalue weighted by molar-refractivity contribution is 5.85. The molecular weight excluding hydrogens is 218 g/mol. The van der Waals surface area contributed by atoms with Gasteiger partial charge in [-0.15, -0.1) is 12.4 Å². The van der Waals surface area contributed by atoms with Crippen molar-refractivity contribution in [1.29, 1.82) is 0 Å². The van der Waals surface area contributed by atoms with Gasteiger partial charge in [-0.25, -0.2) is 4.98 Å². The minimum Gasteiger partial charge on any atom is -0.469 e. The number of methoxy groups -OCH3 is 1. The summed E-state index contributed by atoms with van der Waals surface area (Å²) in [6, 6.07) is 0. The van der Waals surface area contributed by atoms with Gasteiger partial charge in [0.1, 0.15) is 11.6 Å². The summed E-state index contributed by atoms with van der Waals surface area (Å²) in [6.07, 6.45) is 3.22. The summed E-state index contributed by atoms with van der Waals surface area (Å²) in [7, 11) is 1.41. The number of carbonyl (C=O) groups is 1. The first-order chi connectivity index (χ1) is 6.72. The molecule has 0 saturated carbocycles. The summed E-state index contributed by atoms with van der Waals surface area (Å²) in [6.45, 7) is 0.591. The summed E-state index contributed by atoms with van der Waals surface area (Å²) in [5.74, 6) is 1.34. The predicted octanol–water partition coefficient (Wildman–Crippen LogP) is 0.622. The van der Waals surface area contributed by atoms with Gasteiger partial charge in [0.25, 0.3) is 0 Å². The first-order valence-electron chi connectivity index (χ1n) is 4.60. The lowest BCUT2D eigenvalue weighted by molar-refractivity contribution is -0.146. The fourth-order valence-corrected chi connectivity index (χ4v) is 1.81. The third-order valence-electron chi connectivity index (χ3n) is 2.62. The zero-order chi connectivity index (χ0) is 10.1. The van der Waals surface area contributed by atoms with Crippen LogP contribution in [0.5, 0.6) is 0 Å². The van der Waals surface area contributed by atoms with Crippen LogP contribution >= 0.6 is 12.4 Å². The summed E-state index contributed by atoms with van der Waals surface area (Å²) in [5, 5.41) is 0. The molecule has 0 fully saturated rings. The van der Waals surface area contributed by atoms with Crippen LogP contribution in [0, 0.1) is 5.92 Å². The van der Waals surface area contributed by atoms with Gasteiger partial charge in [-0.2, -0.15) is 0 Å². The molecule has 84 valence electrons. The lowest BCUT2D eigenvalue weighted by atomic mass is 10.00. The minimum absolute atomic E-state index is 0. The van der Waals surface area contributed by atoms with E-state index in [1.165, 1.54) is 7.11 Å². The largest absolute Gasteiger partial charge is 0.469 e. The quantitative estimate of drug-likeness (QED) is 0.720. The molecule has 2 rings (SSSR count). The molecule has 0 aromatic carbocycles. The second-order valence-electron chi connectivity index (χ2n) is 3.47.